The van der Waals surface area contributed by atoms with E-state index in [0.29, 0.717) is 26.3 Å². The van der Waals surface area contributed by atoms with Crippen molar-refractivity contribution in [3.05, 3.63) is 63.1 Å². The third-order valence-electron chi connectivity index (χ3n) is 3.16. The number of anilines is 1. The van der Waals surface area contributed by atoms with Crippen molar-refractivity contribution in [3.8, 4) is 0 Å². The Morgan fingerprint density at radius 3 is 2.50 bits per heavy atom. The quantitative estimate of drug-likeness (QED) is 0.754. The van der Waals surface area contributed by atoms with Crippen molar-refractivity contribution in [2.45, 2.75) is 19.4 Å². The Morgan fingerprint density at radius 1 is 1.08 bits per heavy atom. The summed E-state index contributed by atoms with van der Waals surface area (Å²) in [5.74, 6) is -1.06. The average molecular weight is 387 g/mol. The fourth-order valence-corrected chi connectivity index (χ4v) is 2.46. The minimum atomic E-state index is -0.991. The largest absolute Gasteiger partial charge is 0.452 e. The number of hydrogen-bond acceptors (Lipinski definition) is 3. The maximum absolute atomic E-state index is 12.1. The van der Waals surface area contributed by atoms with Crippen LogP contribution in [-0.2, 0) is 20.7 Å². The molecule has 0 saturated heterocycles. The van der Waals surface area contributed by atoms with Crippen molar-refractivity contribution >= 4 is 52.4 Å². The first kappa shape index (κ1) is 18.6. The van der Waals surface area contributed by atoms with Gasteiger partial charge >= 0.3 is 5.97 Å². The molecule has 2 aromatic rings. The van der Waals surface area contributed by atoms with Crippen molar-refractivity contribution in [3.63, 3.8) is 0 Å². The number of hydrogen-bond donors (Lipinski definition) is 1. The molecule has 2 aromatic carbocycles. The molecule has 24 heavy (non-hydrogen) atoms. The molecule has 0 aliphatic heterocycles. The summed E-state index contributed by atoms with van der Waals surface area (Å²) in [5.41, 5.74) is 0.984. The van der Waals surface area contributed by atoms with Gasteiger partial charge in [0, 0.05) is 10.0 Å². The molecule has 4 nitrogen and oxygen atoms in total. The molecule has 0 spiro atoms. The molecular formula is C17H14Cl3NO3. The highest BCUT2D eigenvalue weighted by molar-refractivity contribution is 6.35. The van der Waals surface area contributed by atoms with Crippen LogP contribution >= 0.6 is 34.8 Å². The Labute approximate surface area is 154 Å². The summed E-state index contributed by atoms with van der Waals surface area (Å²) in [4.78, 5) is 24.1. The van der Waals surface area contributed by atoms with E-state index in [-0.39, 0.29) is 6.42 Å². The lowest BCUT2D eigenvalue weighted by Gasteiger charge is -2.14. The SMILES string of the molecule is C[C@@H](OC(=O)Cc1ccccc1Cl)C(=O)Nc1cc(Cl)ccc1Cl. The van der Waals surface area contributed by atoms with Crippen LogP contribution in [0.1, 0.15) is 12.5 Å². The number of amides is 1. The summed E-state index contributed by atoms with van der Waals surface area (Å²) < 4.78 is 5.13. The summed E-state index contributed by atoms with van der Waals surface area (Å²) in [6.45, 7) is 1.47. The highest BCUT2D eigenvalue weighted by atomic mass is 35.5. The minimum absolute atomic E-state index is 0.0186. The van der Waals surface area contributed by atoms with Crippen LogP contribution in [0.3, 0.4) is 0 Å². The Morgan fingerprint density at radius 2 is 1.79 bits per heavy atom. The van der Waals surface area contributed by atoms with E-state index >= 15 is 0 Å². The van der Waals surface area contributed by atoms with Crippen LogP contribution in [-0.4, -0.2) is 18.0 Å². The molecule has 0 radical (unpaired) electrons. The highest BCUT2D eigenvalue weighted by Crippen LogP contribution is 2.25. The summed E-state index contributed by atoms with van der Waals surface area (Å²) in [7, 11) is 0. The minimum Gasteiger partial charge on any atom is -0.452 e. The van der Waals surface area contributed by atoms with Gasteiger partial charge in [-0.2, -0.15) is 0 Å². The molecule has 1 N–H and O–H groups in total. The predicted molar refractivity (Wildman–Crippen MR) is 95.8 cm³/mol. The van der Waals surface area contributed by atoms with Gasteiger partial charge in [-0.05, 0) is 36.8 Å². The molecule has 0 aliphatic rings. The summed E-state index contributed by atoms with van der Waals surface area (Å²) in [6.07, 6.45) is -1.01. The van der Waals surface area contributed by atoms with Crippen LogP contribution in [0.2, 0.25) is 15.1 Å². The molecule has 126 valence electrons. The van der Waals surface area contributed by atoms with Crippen molar-refractivity contribution in [2.24, 2.45) is 0 Å². The average Bonchev–Trinajstić information content (AvgIpc) is 2.53. The van der Waals surface area contributed by atoms with E-state index < -0.39 is 18.0 Å². The molecule has 0 aliphatic carbocycles. The maximum Gasteiger partial charge on any atom is 0.311 e. The molecule has 0 unspecified atom stereocenters. The second-order valence-electron chi connectivity index (χ2n) is 5.01. The maximum atomic E-state index is 12.1. The fourth-order valence-electron chi connectivity index (χ4n) is 1.92. The van der Waals surface area contributed by atoms with E-state index in [1.807, 2.05) is 0 Å². The summed E-state index contributed by atoms with van der Waals surface area (Å²) >= 11 is 17.8. The second kappa shape index (κ2) is 8.38. The van der Waals surface area contributed by atoms with Crippen LogP contribution in [0.15, 0.2) is 42.5 Å². The van der Waals surface area contributed by atoms with E-state index in [0.717, 1.165) is 0 Å². The smallest absolute Gasteiger partial charge is 0.311 e. The van der Waals surface area contributed by atoms with Crippen LogP contribution < -0.4 is 5.32 Å². The Hall–Kier alpha value is -1.75. The number of ether oxygens (including phenoxy) is 1. The van der Waals surface area contributed by atoms with Gasteiger partial charge in [0.1, 0.15) is 0 Å². The third-order valence-corrected chi connectivity index (χ3v) is 4.09. The zero-order valence-corrected chi connectivity index (χ0v) is 15.0. The topological polar surface area (TPSA) is 55.4 Å². The molecule has 1 amide bonds. The van der Waals surface area contributed by atoms with Crippen molar-refractivity contribution < 1.29 is 14.3 Å². The number of carbonyl (C=O) groups excluding carboxylic acids is 2. The van der Waals surface area contributed by atoms with Crippen molar-refractivity contribution in [1.29, 1.82) is 0 Å². The van der Waals surface area contributed by atoms with Crippen molar-refractivity contribution in [1.82, 2.24) is 0 Å². The Kier molecular flexibility index (Phi) is 6.49. The van der Waals surface area contributed by atoms with Crippen LogP contribution in [0.4, 0.5) is 5.69 Å². The van der Waals surface area contributed by atoms with Crippen molar-refractivity contribution in [2.75, 3.05) is 5.32 Å². The number of halogens is 3. The van der Waals surface area contributed by atoms with E-state index in [1.54, 1.807) is 36.4 Å². The molecule has 0 aromatic heterocycles. The van der Waals surface area contributed by atoms with Gasteiger partial charge in [0.2, 0.25) is 0 Å². The zero-order valence-electron chi connectivity index (χ0n) is 12.7. The van der Waals surface area contributed by atoms with Gasteiger partial charge in [-0.15, -0.1) is 0 Å². The molecule has 0 heterocycles. The predicted octanol–water partition coefficient (Wildman–Crippen LogP) is 4.76. The first-order chi connectivity index (χ1) is 11.4. The monoisotopic (exact) mass is 385 g/mol. The van der Waals surface area contributed by atoms with Crippen LogP contribution in [0, 0.1) is 0 Å². The van der Waals surface area contributed by atoms with Gasteiger partial charge in [0.05, 0.1) is 17.1 Å². The van der Waals surface area contributed by atoms with E-state index in [4.69, 9.17) is 39.5 Å². The first-order valence-electron chi connectivity index (χ1n) is 7.05. The lowest BCUT2D eigenvalue weighted by atomic mass is 10.1. The van der Waals surface area contributed by atoms with Gasteiger partial charge in [-0.25, -0.2) is 0 Å². The molecule has 0 saturated carbocycles. The molecule has 7 heteroatoms. The zero-order chi connectivity index (χ0) is 17.7. The number of nitrogens with one attached hydrogen (secondary N) is 1. The van der Waals surface area contributed by atoms with Gasteiger partial charge in [0.15, 0.2) is 6.10 Å². The van der Waals surface area contributed by atoms with Crippen LogP contribution in [0.5, 0.6) is 0 Å². The van der Waals surface area contributed by atoms with Gasteiger partial charge < -0.3 is 10.1 Å². The van der Waals surface area contributed by atoms with E-state index in [1.165, 1.54) is 13.0 Å². The number of benzene rings is 2. The number of esters is 1. The molecule has 0 bridgehead atoms. The summed E-state index contributed by atoms with van der Waals surface area (Å²) in [5, 5.41) is 3.81. The van der Waals surface area contributed by atoms with E-state index in [9.17, 15) is 9.59 Å². The molecule has 2 rings (SSSR count). The summed E-state index contributed by atoms with van der Waals surface area (Å²) in [6, 6.07) is 11.6. The number of rotatable bonds is 5. The third kappa shape index (κ3) is 5.13. The van der Waals surface area contributed by atoms with Gasteiger partial charge in [-0.3, -0.25) is 9.59 Å². The van der Waals surface area contributed by atoms with E-state index in [2.05, 4.69) is 5.32 Å². The Balaban J connectivity index is 1.95. The normalized spacial score (nSPS) is 11.7. The lowest BCUT2D eigenvalue weighted by molar-refractivity contribution is -0.152. The lowest BCUT2D eigenvalue weighted by Crippen LogP contribution is -2.30. The van der Waals surface area contributed by atoms with Gasteiger partial charge in [-0.1, -0.05) is 53.0 Å². The molecule has 0 fully saturated rings. The first-order valence-corrected chi connectivity index (χ1v) is 8.19. The Bertz CT molecular complexity index is 764. The molecule has 1 atom stereocenters. The number of carbonyl (C=O) groups is 2. The second-order valence-corrected chi connectivity index (χ2v) is 6.26. The van der Waals surface area contributed by atoms with Crippen LogP contribution in [0.25, 0.3) is 0 Å². The van der Waals surface area contributed by atoms with Gasteiger partial charge in [0.25, 0.3) is 5.91 Å². The molecular weight excluding hydrogens is 373 g/mol. The standard InChI is InChI=1S/C17H14Cl3NO3/c1-10(17(23)21-15-9-12(18)6-7-14(15)20)24-16(22)8-11-4-2-3-5-13(11)19/h2-7,9-10H,8H2,1H3,(H,21,23)/t10-/m1/s1. The highest BCUT2D eigenvalue weighted by Gasteiger charge is 2.19. The fraction of sp³-hybridized carbons (Fsp3) is 0.176.